The van der Waals surface area contributed by atoms with Gasteiger partial charge in [0.15, 0.2) is 0 Å². The highest BCUT2D eigenvalue weighted by atomic mass is 35.5. The minimum atomic E-state index is -3.93. The summed E-state index contributed by atoms with van der Waals surface area (Å²) in [6, 6.07) is 18.5. The van der Waals surface area contributed by atoms with Crippen LogP contribution in [0.2, 0.25) is 5.02 Å². The van der Waals surface area contributed by atoms with Gasteiger partial charge in [0.2, 0.25) is 21.8 Å². The molecular formula is C26H30ClN3O4S. The lowest BCUT2D eigenvalue weighted by molar-refractivity contribution is -0.140. The summed E-state index contributed by atoms with van der Waals surface area (Å²) in [7, 11) is -2.57. The summed E-state index contributed by atoms with van der Waals surface area (Å²) >= 11 is 6.10. The third-order valence-corrected chi connectivity index (χ3v) is 7.78. The van der Waals surface area contributed by atoms with Crippen LogP contribution in [0, 0.1) is 0 Å². The summed E-state index contributed by atoms with van der Waals surface area (Å²) in [5, 5.41) is 5.02. The van der Waals surface area contributed by atoms with E-state index < -0.39 is 28.5 Å². The van der Waals surface area contributed by atoms with Gasteiger partial charge in [-0.25, -0.2) is 8.42 Å². The number of hydrogen-bond donors (Lipinski definition) is 1. The van der Waals surface area contributed by atoms with Crippen LogP contribution in [0.1, 0.15) is 25.8 Å². The zero-order chi connectivity index (χ0) is 25.6. The quantitative estimate of drug-likeness (QED) is 0.441. The van der Waals surface area contributed by atoms with Crippen LogP contribution in [0.25, 0.3) is 10.8 Å². The van der Waals surface area contributed by atoms with Crippen LogP contribution in [0.15, 0.2) is 71.6 Å². The number of fused-ring (bicyclic) bond motifs is 1. The van der Waals surface area contributed by atoms with Crippen LogP contribution in [0.4, 0.5) is 0 Å². The van der Waals surface area contributed by atoms with Gasteiger partial charge in [-0.2, -0.15) is 4.31 Å². The molecule has 1 N–H and O–H groups in total. The van der Waals surface area contributed by atoms with Crippen molar-refractivity contribution in [3.05, 3.63) is 77.3 Å². The van der Waals surface area contributed by atoms with Crippen molar-refractivity contribution in [2.24, 2.45) is 0 Å². The van der Waals surface area contributed by atoms with Gasteiger partial charge in [0.1, 0.15) is 6.04 Å². The van der Waals surface area contributed by atoms with E-state index in [0.717, 1.165) is 27.1 Å². The van der Waals surface area contributed by atoms with E-state index in [0.29, 0.717) is 11.6 Å². The van der Waals surface area contributed by atoms with Crippen molar-refractivity contribution in [1.82, 2.24) is 14.5 Å². The number of sulfonamides is 1. The number of nitrogens with zero attached hydrogens (tertiary/aromatic N) is 2. The number of amides is 2. The number of hydrogen-bond acceptors (Lipinski definition) is 4. The Labute approximate surface area is 211 Å². The third-order valence-electron chi connectivity index (χ3n) is 5.75. The smallest absolute Gasteiger partial charge is 0.243 e. The second-order valence-corrected chi connectivity index (χ2v) is 10.9. The zero-order valence-electron chi connectivity index (χ0n) is 20.1. The number of rotatable bonds is 10. The average molecular weight is 516 g/mol. The Morgan fingerprint density at radius 2 is 1.71 bits per heavy atom. The molecule has 1 atom stereocenters. The Morgan fingerprint density at radius 3 is 2.40 bits per heavy atom. The maximum absolute atomic E-state index is 13.4. The first-order valence-electron chi connectivity index (χ1n) is 11.4. The molecular weight excluding hydrogens is 486 g/mol. The van der Waals surface area contributed by atoms with Crippen molar-refractivity contribution in [2.45, 2.75) is 37.8 Å². The van der Waals surface area contributed by atoms with E-state index in [2.05, 4.69) is 5.32 Å². The van der Waals surface area contributed by atoms with Crippen molar-refractivity contribution >= 4 is 44.2 Å². The fourth-order valence-corrected chi connectivity index (χ4v) is 5.05. The lowest BCUT2D eigenvalue weighted by Crippen LogP contribution is -2.50. The Bertz CT molecular complexity index is 1310. The van der Waals surface area contributed by atoms with Crippen molar-refractivity contribution < 1.29 is 18.0 Å². The Kier molecular flexibility index (Phi) is 8.88. The van der Waals surface area contributed by atoms with E-state index in [-0.39, 0.29) is 17.3 Å². The molecule has 0 heterocycles. The number of nitrogens with one attached hydrogen (secondary N) is 1. The normalized spacial score (nSPS) is 12.5. The Hall–Kier alpha value is -2.94. The van der Waals surface area contributed by atoms with Gasteiger partial charge in [-0.05, 0) is 53.9 Å². The molecule has 3 rings (SSSR count). The molecule has 0 aromatic heterocycles. The highest BCUT2D eigenvalue weighted by molar-refractivity contribution is 7.89. The van der Waals surface area contributed by atoms with Crippen molar-refractivity contribution in [3.63, 3.8) is 0 Å². The predicted molar refractivity (Wildman–Crippen MR) is 139 cm³/mol. The Morgan fingerprint density at radius 1 is 1.00 bits per heavy atom. The zero-order valence-corrected chi connectivity index (χ0v) is 21.6. The predicted octanol–water partition coefficient (Wildman–Crippen LogP) is 4.06. The topological polar surface area (TPSA) is 86.8 Å². The highest BCUT2D eigenvalue weighted by Gasteiger charge is 2.30. The maximum atomic E-state index is 13.4. The van der Waals surface area contributed by atoms with E-state index in [1.807, 2.05) is 31.2 Å². The van der Waals surface area contributed by atoms with Crippen molar-refractivity contribution in [2.75, 3.05) is 20.1 Å². The maximum Gasteiger partial charge on any atom is 0.243 e. The number of halogens is 1. The van der Waals surface area contributed by atoms with Crippen molar-refractivity contribution in [3.8, 4) is 0 Å². The first kappa shape index (κ1) is 26.7. The van der Waals surface area contributed by atoms with Gasteiger partial charge in [-0.3, -0.25) is 9.59 Å². The molecule has 0 spiro atoms. The van der Waals surface area contributed by atoms with Gasteiger partial charge in [0.05, 0.1) is 11.4 Å². The third kappa shape index (κ3) is 6.60. The summed E-state index contributed by atoms with van der Waals surface area (Å²) in [5.41, 5.74) is 0.737. The lowest BCUT2D eigenvalue weighted by atomic mass is 10.1. The van der Waals surface area contributed by atoms with E-state index in [4.69, 9.17) is 11.6 Å². The fraction of sp³-hybridized carbons (Fsp3) is 0.308. The van der Waals surface area contributed by atoms with Crippen LogP contribution in [0.5, 0.6) is 0 Å². The van der Waals surface area contributed by atoms with Crippen molar-refractivity contribution in [1.29, 1.82) is 0 Å². The highest BCUT2D eigenvalue weighted by Crippen LogP contribution is 2.22. The van der Waals surface area contributed by atoms with E-state index in [9.17, 15) is 18.0 Å². The summed E-state index contributed by atoms with van der Waals surface area (Å²) < 4.78 is 27.5. The molecule has 7 nitrogen and oxygen atoms in total. The molecule has 3 aromatic carbocycles. The summed E-state index contributed by atoms with van der Waals surface area (Å²) in [6.07, 6.45) is 0.757. The second kappa shape index (κ2) is 11.7. The number of carbonyl (C=O) groups is 2. The van der Waals surface area contributed by atoms with E-state index in [1.165, 1.54) is 18.0 Å². The van der Waals surface area contributed by atoms with Gasteiger partial charge in [-0.1, -0.05) is 61.0 Å². The van der Waals surface area contributed by atoms with Gasteiger partial charge in [0, 0.05) is 25.2 Å². The molecule has 0 saturated heterocycles. The number of carbonyl (C=O) groups excluding carboxylic acids is 2. The van der Waals surface area contributed by atoms with E-state index >= 15 is 0 Å². The van der Waals surface area contributed by atoms with Crippen LogP contribution in [-0.4, -0.2) is 55.6 Å². The summed E-state index contributed by atoms with van der Waals surface area (Å²) in [6.45, 7) is 3.75. The molecule has 0 unspecified atom stereocenters. The molecule has 0 radical (unpaired) electrons. The van der Waals surface area contributed by atoms with Gasteiger partial charge >= 0.3 is 0 Å². The van der Waals surface area contributed by atoms with Gasteiger partial charge in [-0.15, -0.1) is 0 Å². The summed E-state index contributed by atoms with van der Waals surface area (Å²) in [4.78, 5) is 27.5. The standard InChI is InChI=1S/C26H30ClN3O4S/c1-4-14-28-26(32)19(2)30(17-20-8-7-11-23(27)15-20)25(31)18-29(3)35(33,34)24-13-12-21-9-5-6-10-22(21)16-24/h5-13,15-16,19H,4,14,17-18H2,1-3H3,(H,28,32)/t19-/m1/s1. The van der Waals surface area contributed by atoms with Crippen LogP contribution < -0.4 is 5.32 Å². The second-order valence-electron chi connectivity index (χ2n) is 8.39. The molecule has 0 bridgehead atoms. The fourth-order valence-electron chi connectivity index (χ4n) is 3.68. The minimum absolute atomic E-state index is 0.0987. The molecule has 0 fully saturated rings. The monoisotopic (exact) mass is 515 g/mol. The molecule has 3 aromatic rings. The molecule has 0 saturated carbocycles. The summed E-state index contributed by atoms with van der Waals surface area (Å²) in [5.74, 6) is -0.793. The van der Waals surface area contributed by atoms with Gasteiger partial charge in [0.25, 0.3) is 0 Å². The average Bonchev–Trinajstić information content (AvgIpc) is 2.84. The lowest BCUT2D eigenvalue weighted by Gasteiger charge is -2.30. The largest absolute Gasteiger partial charge is 0.354 e. The SMILES string of the molecule is CCCNC(=O)[C@@H](C)N(Cc1cccc(Cl)c1)C(=O)CN(C)S(=O)(=O)c1ccc2ccccc2c1. The van der Waals surface area contributed by atoms with E-state index in [1.54, 1.807) is 43.3 Å². The molecule has 9 heteroatoms. The molecule has 2 amide bonds. The van der Waals surface area contributed by atoms with Crippen LogP contribution in [0.3, 0.4) is 0 Å². The van der Waals surface area contributed by atoms with Crippen LogP contribution in [-0.2, 0) is 26.2 Å². The first-order chi connectivity index (χ1) is 16.6. The molecule has 0 aliphatic heterocycles. The molecule has 0 aliphatic carbocycles. The minimum Gasteiger partial charge on any atom is -0.354 e. The number of likely N-dealkylation sites (N-methyl/N-ethyl adjacent to an activating group) is 1. The van der Waals surface area contributed by atoms with Gasteiger partial charge < -0.3 is 10.2 Å². The Balaban J connectivity index is 1.84. The van der Waals surface area contributed by atoms with Crippen LogP contribution >= 0.6 is 11.6 Å². The molecule has 0 aliphatic rings. The molecule has 186 valence electrons. The number of benzene rings is 3. The molecule has 35 heavy (non-hydrogen) atoms. The first-order valence-corrected chi connectivity index (χ1v) is 13.2.